The van der Waals surface area contributed by atoms with Gasteiger partial charge in [0.15, 0.2) is 0 Å². The summed E-state index contributed by atoms with van der Waals surface area (Å²) >= 11 is 0. The quantitative estimate of drug-likeness (QED) is 0.910. The van der Waals surface area contributed by atoms with Crippen LogP contribution in [0.2, 0.25) is 0 Å². The third-order valence-electron chi connectivity index (χ3n) is 4.20. The van der Waals surface area contributed by atoms with Gasteiger partial charge in [-0.1, -0.05) is 6.07 Å². The van der Waals surface area contributed by atoms with Crippen molar-refractivity contribution in [2.24, 2.45) is 0 Å². The lowest BCUT2D eigenvalue weighted by molar-refractivity contribution is 0.597. The summed E-state index contributed by atoms with van der Waals surface area (Å²) in [5.74, 6) is 1.42. The fourth-order valence-corrected chi connectivity index (χ4v) is 3.01. The number of nitrogens with one attached hydrogen (secondary N) is 1. The van der Waals surface area contributed by atoms with Crippen molar-refractivity contribution in [3.63, 3.8) is 0 Å². The highest BCUT2D eigenvalue weighted by molar-refractivity contribution is 5.43. The molecule has 0 saturated heterocycles. The average molecular weight is 271 g/mol. The number of benzene rings is 1. The molecule has 0 amide bonds. The highest BCUT2D eigenvalue weighted by Gasteiger charge is 2.33. The van der Waals surface area contributed by atoms with E-state index >= 15 is 0 Å². The van der Waals surface area contributed by atoms with Gasteiger partial charge in [0.25, 0.3) is 0 Å². The van der Waals surface area contributed by atoms with Crippen LogP contribution in [0.1, 0.15) is 41.5 Å². The first-order valence-corrected chi connectivity index (χ1v) is 7.31. The summed E-state index contributed by atoms with van der Waals surface area (Å²) in [6.07, 6.45) is 3.27. The molecule has 4 heteroatoms. The van der Waals surface area contributed by atoms with Crippen molar-refractivity contribution in [2.45, 2.75) is 38.6 Å². The van der Waals surface area contributed by atoms with Crippen molar-refractivity contribution in [2.75, 3.05) is 6.54 Å². The van der Waals surface area contributed by atoms with Crippen LogP contribution < -0.4 is 5.32 Å². The van der Waals surface area contributed by atoms with E-state index in [4.69, 9.17) is 4.98 Å². The molecule has 1 aromatic carbocycles. The van der Waals surface area contributed by atoms with E-state index in [-0.39, 0.29) is 5.82 Å². The second-order valence-corrected chi connectivity index (χ2v) is 5.85. The number of nitrogens with zero attached hydrogens (tertiary/aromatic N) is 2. The van der Waals surface area contributed by atoms with Crippen LogP contribution in [-0.2, 0) is 13.0 Å². The Morgan fingerprint density at radius 3 is 3.00 bits per heavy atom. The molecule has 2 aromatic rings. The van der Waals surface area contributed by atoms with Crippen LogP contribution in [0.4, 0.5) is 4.39 Å². The molecule has 0 bridgehead atoms. The Balaban J connectivity index is 1.95. The van der Waals surface area contributed by atoms with Gasteiger partial charge in [0.1, 0.15) is 11.6 Å². The molecule has 1 saturated carbocycles. The molecule has 20 heavy (non-hydrogen) atoms. The molecule has 1 aliphatic carbocycles. The molecule has 0 spiro atoms. The smallest absolute Gasteiger partial charge is 0.147 e. The van der Waals surface area contributed by atoms with Crippen LogP contribution in [0.3, 0.4) is 0 Å². The number of imidazole rings is 1. The molecule has 3 nitrogen and oxygen atoms in total. The van der Waals surface area contributed by atoms with Gasteiger partial charge in [0, 0.05) is 31.1 Å². The number of fused-ring (bicyclic) bond motifs is 1. The molecule has 1 fully saturated rings. The van der Waals surface area contributed by atoms with Crippen LogP contribution in [0.15, 0.2) is 18.2 Å². The Labute approximate surface area is 117 Å². The topological polar surface area (TPSA) is 29.9 Å². The molecular weight excluding hydrogens is 253 g/mol. The highest BCUT2D eigenvalue weighted by Crippen LogP contribution is 2.42. The van der Waals surface area contributed by atoms with E-state index in [1.807, 2.05) is 19.1 Å². The normalized spacial score (nSPS) is 18.1. The Morgan fingerprint density at radius 1 is 1.35 bits per heavy atom. The monoisotopic (exact) mass is 271 g/mol. The third-order valence-corrected chi connectivity index (χ3v) is 4.20. The summed E-state index contributed by atoms with van der Waals surface area (Å²) < 4.78 is 16.4. The zero-order chi connectivity index (χ0) is 13.7. The molecule has 0 radical (unpaired) electrons. The van der Waals surface area contributed by atoms with Gasteiger partial charge in [-0.15, -0.1) is 0 Å². The second-order valence-electron chi connectivity index (χ2n) is 5.85. The van der Waals surface area contributed by atoms with E-state index in [1.54, 1.807) is 6.07 Å². The molecule has 2 heterocycles. The molecule has 0 unspecified atom stereocenters. The summed E-state index contributed by atoms with van der Waals surface area (Å²) in [7, 11) is 0. The van der Waals surface area contributed by atoms with E-state index in [9.17, 15) is 4.39 Å². The third kappa shape index (κ3) is 1.86. The maximum Gasteiger partial charge on any atom is 0.147 e. The van der Waals surface area contributed by atoms with Crippen molar-refractivity contribution < 1.29 is 4.39 Å². The predicted octanol–water partition coefficient (Wildman–Crippen LogP) is 2.84. The van der Waals surface area contributed by atoms with Crippen molar-refractivity contribution in [1.29, 1.82) is 0 Å². The fourth-order valence-electron chi connectivity index (χ4n) is 3.01. The standard InChI is InChI=1S/C16H18FN3/c1-10-2-5-12(17)15(8-10)20-14-6-7-18-9-13(14)19-16(20)11-3-4-11/h2,5,8,11,18H,3-4,6-7,9H2,1H3. The lowest BCUT2D eigenvalue weighted by Crippen LogP contribution is -2.25. The van der Waals surface area contributed by atoms with Crippen LogP contribution in [-0.4, -0.2) is 16.1 Å². The van der Waals surface area contributed by atoms with E-state index in [1.165, 1.54) is 18.5 Å². The molecule has 2 aliphatic rings. The lowest BCUT2D eigenvalue weighted by atomic mass is 10.1. The summed E-state index contributed by atoms with van der Waals surface area (Å²) in [6, 6.07) is 5.32. The molecule has 1 aliphatic heterocycles. The summed E-state index contributed by atoms with van der Waals surface area (Å²) in [5, 5.41) is 3.35. The first-order valence-electron chi connectivity index (χ1n) is 7.31. The zero-order valence-corrected chi connectivity index (χ0v) is 11.6. The summed E-state index contributed by atoms with van der Waals surface area (Å²) in [4.78, 5) is 4.79. The first kappa shape index (κ1) is 12.1. The Bertz CT molecular complexity index is 671. The van der Waals surface area contributed by atoms with Crippen molar-refractivity contribution in [1.82, 2.24) is 14.9 Å². The SMILES string of the molecule is Cc1ccc(F)c(-n2c(C3CC3)nc3c2CCNC3)c1. The van der Waals surface area contributed by atoms with E-state index < -0.39 is 0 Å². The number of hydrogen-bond donors (Lipinski definition) is 1. The number of hydrogen-bond acceptors (Lipinski definition) is 2. The van der Waals surface area contributed by atoms with Crippen LogP contribution in [0.5, 0.6) is 0 Å². The largest absolute Gasteiger partial charge is 0.311 e. The van der Waals surface area contributed by atoms with E-state index in [0.29, 0.717) is 11.6 Å². The first-order chi connectivity index (χ1) is 9.74. The molecule has 0 atom stereocenters. The van der Waals surface area contributed by atoms with Gasteiger partial charge in [-0.2, -0.15) is 0 Å². The Hall–Kier alpha value is -1.68. The van der Waals surface area contributed by atoms with E-state index in [2.05, 4.69) is 9.88 Å². The van der Waals surface area contributed by atoms with Gasteiger partial charge in [-0.05, 0) is 37.5 Å². The van der Waals surface area contributed by atoms with Crippen LogP contribution in [0.25, 0.3) is 5.69 Å². The van der Waals surface area contributed by atoms with Crippen LogP contribution in [0, 0.1) is 12.7 Å². The highest BCUT2D eigenvalue weighted by atomic mass is 19.1. The predicted molar refractivity (Wildman–Crippen MR) is 75.6 cm³/mol. The van der Waals surface area contributed by atoms with Gasteiger partial charge in [-0.3, -0.25) is 4.57 Å². The molecule has 4 rings (SSSR count). The van der Waals surface area contributed by atoms with Gasteiger partial charge < -0.3 is 5.32 Å². The minimum Gasteiger partial charge on any atom is -0.311 e. The summed E-state index contributed by atoms with van der Waals surface area (Å²) in [6.45, 7) is 3.75. The van der Waals surface area contributed by atoms with Crippen molar-refractivity contribution in [3.8, 4) is 5.69 Å². The van der Waals surface area contributed by atoms with Gasteiger partial charge in [-0.25, -0.2) is 9.37 Å². The fraction of sp³-hybridized carbons (Fsp3) is 0.438. The second kappa shape index (κ2) is 4.42. The maximum atomic E-state index is 14.3. The lowest BCUT2D eigenvalue weighted by Gasteiger charge is -2.17. The van der Waals surface area contributed by atoms with Gasteiger partial charge >= 0.3 is 0 Å². The van der Waals surface area contributed by atoms with Crippen molar-refractivity contribution >= 4 is 0 Å². The molecule has 1 N–H and O–H groups in total. The number of halogens is 1. The number of aromatic nitrogens is 2. The van der Waals surface area contributed by atoms with Crippen LogP contribution >= 0.6 is 0 Å². The van der Waals surface area contributed by atoms with Gasteiger partial charge in [0.05, 0.1) is 11.4 Å². The maximum absolute atomic E-state index is 14.3. The summed E-state index contributed by atoms with van der Waals surface area (Å²) in [5.41, 5.74) is 4.04. The molecular formula is C16H18FN3. The van der Waals surface area contributed by atoms with Crippen molar-refractivity contribution in [3.05, 3.63) is 46.8 Å². The number of aryl methyl sites for hydroxylation is 1. The minimum absolute atomic E-state index is 0.156. The Kier molecular flexibility index (Phi) is 2.67. The minimum atomic E-state index is -0.156. The molecule has 1 aromatic heterocycles. The number of rotatable bonds is 2. The zero-order valence-electron chi connectivity index (χ0n) is 11.6. The average Bonchev–Trinajstić information content (AvgIpc) is 3.22. The van der Waals surface area contributed by atoms with Gasteiger partial charge in [0.2, 0.25) is 0 Å². The Morgan fingerprint density at radius 2 is 2.20 bits per heavy atom. The van der Waals surface area contributed by atoms with E-state index in [0.717, 1.165) is 36.6 Å². The molecule has 104 valence electrons.